The average molecular weight is 365 g/mol. The number of piperazine rings is 1. The summed E-state index contributed by atoms with van der Waals surface area (Å²) in [6.07, 6.45) is 0.988. The van der Waals surface area contributed by atoms with Crippen molar-refractivity contribution in [2.24, 2.45) is 0 Å². The lowest BCUT2D eigenvalue weighted by Gasteiger charge is -2.34. The van der Waals surface area contributed by atoms with Crippen LogP contribution in [0, 0.1) is 0 Å². The number of carbonyl (C=O) groups excluding carboxylic acids is 1. The molecule has 0 aliphatic carbocycles. The molecule has 1 atom stereocenters. The van der Waals surface area contributed by atoms with E-state index in [9.17, 15) is 13.2 Å². The molecule has 0 spiro atoms. The zero-order valence-electron chi connectivity index (χ0n) is 14.6. The van der Waals surface area contributed by atoms with Crippen LogP contribution in [0.4, 0.5) is 0 Å². The van der Waals surface area contributed by atoms with Crippen molar-refractivity contribution < 1.29 is 13.2 Å². The summed E-state index contributed by atoms with van der Waals surface area (Å²) in [5.41, 5.74) is 1.34. The lowest BCUT2D eigenvalue weighted by atomic mass is 10.2. The van der Waals surface area contributed by atoms with Crippen molar-refractivity contribution in [2.75, 3.05) is 44.2 Å². The number of nitrogens with one attached hydrogen (secondary N) is 1. The van der Waals surface area contributed by atoms with E-state index in [0.717, 1.165) is 39.3 Å². The molecular formula is C18H27N3O3S. The summed E-state index contributed by atoms with van der Waals surface area (Å²) < 4.78 is 22.9. The molecule has 2 fully saturated rings. The van der Waals surface area contributed by atoms with Crippen LogP contribution in [0.5, 0.6) is 0 Å². The number of sulfone groups is 1. The monoisotopic (exact) mass is 365 g/mol. The fourth-order valence-electron chi connectivity index (χ4n) is 3.48. The van der Waals surface area contributed by atoms with Gasteiger partial charge in [-0.1, -0.05) is 30.3 Å². The molecule has 7 heteroatoms. The second-order valence-electron chi connectivity index (χ2n) is 7.02. The Morgan fingerprint density at radius 3 is 2.40 bits per heavy atom. The molecule has 1 aromatic carbocycles. The van der Waals surface area contributed by atoms with Gasteiger partial charge in [-0.2, -0.15) is 0 Å². The zero-order valence-corrected chi connectivity index (χ0v) is 15.4. The van der Waals surface area contributed by atoms with Crippen molar-refractivity contribution in [3.05, 3.63) is 35.9 Å². The third-order valence-corrected chi connectivity index (χ3v) is 6.73. The minimum absolute atomic E-state index is 0.0335. The van der Waals surface area contributed by atoms with Gasteiger partial charge < -0.3 is 10.2 Å². The number of amides is 1. The van der Waals surface area contributed by atoms with Gasteiger partial charge in [-0.05, 0) is 12.0 Å². The Morgan fingerprint density at radius 1 is 1.08 bits per heavy atom. The highest BCUT2D eigenvalue weighted by molar-refractivity contribution is 7.91. The number of benzene rings is 1. The maximum absolute atomic E-state index is 12.0. The van der Waals surface area contributed by atoms with E-state index in [0.29, 0.717) is 12.8 Å². The number of rotatable bonds is 6. The lowest BCUT2D eigenvalue weighted by molar-refractivity contribution is -0.122. The van der Waals surface area contributed by atoms with Crippen molar-refractivity contribution in [3.63, 3.8) is 0 Å². The molecule has 1 aromatic rings. The number of carbonyl (C=O) groups is 1. The Bertz CT molecular complexity index is 670. The summed E-state index contributed by atoms with van der Waals surface area (Å²) in [5.74, 6) is 0.256. The Kier molecular flexibility index (Phi) is 6.09. The van der Waals surface area contributed by atoms with Gasteiger partial charge >= 0.3 is 0 Å². The molecule has 6 nitrogen and oxygen atoms in total. The minimum Gasteiger partial charge on any atom is -0.352 e. The van der Waals surface area contributed by atoms with E-state index in [-0.39, 0.29) is 23.5 Å². The Hall–Kier alpha value is -1.44. The molecule has 2 aliphatic heterocycles. The van der Waals surface area contributed by atoms with E-state index in [1.54, 1.807) is 0 Å². The molecule has 1 N–H and O–H groups in total. The third kappa shape index (κ3) is 5.80. The first kappa shape index (κ1) is 18.4. The van der Waals surface area contributed by atoms with Gasteiger partial charge in [0.2, 0.25) is 5.91 Å². The second kappa shape index (κ2) is 8.29. The molecule has 1 amide bonds. The van der Waals surface area contributed by atoms with Crippen molar-refractivity contribution in [1.29, 1.82) is 0 Å². The maximum atomic E-state index is 12.0. The first-order chi connectivity index (χ1) is 12.0. The Labute approximate surface area is 150 Å². The van der Waals surface area contributed by atoms with Crippen LogP contribution in [0.25, 0.3) is 0 Å². The lowest BCUT2D eigenvalue weighted by Crippen LogP contribution is -2.47. The van der Waals surface area contributed by atoms with Crippen molar-refractivity contribution in [3.8, 4) is 0 Å². The summed E-state index contributed by atoms with van der Waals surface area (Å²) >= 11 is 0. The molecule has 0 aromatic heterocycles. The molecule has 2 heterocycles. The van der Waals surface area contributed by atoms with Crippen LogP contribution in [0.1, 0.15) is 18.4 Å². The van der Waals surface area contributed by atoms with Gasteiger partial charge in [0.15, 0.2) is 9.84 Å². The number of hydrogen-bond donors (Lipinski definition) is 1. The fourth-order valence-corrected chi connectivity index (χ4v) is 5.15. The molecule has 0 radical (unpaired) electrons. The highest BCUT2D eigenvalue weighted by Gasteiger charge is 2.29. The Morgan fingerprint density at radius 2 is 1.76 bits per heavy atom. The van der Waals surface area contributed by atoms with E-state index in [2.05, 4.69) is 39.4 Å². The SMILES string of the molecule is O=C(CCN1CCN(Cc2ccccc2)CC1)NC1CCS(=O)(=O)C1. The normalized spacial score (nSPS) is 24.2. The number of hydrogen-bond acceptors (Lipinski definition) is 5. The van der Waals surface area contributed by atoms with E-state index < -0.39 is 9.84 Å². The first-order valence-corrected chi connectivity index (χ1v) is 10.8. The van der Waals surface area contributed by atoms with Crippen LogP contribution in [0.15, 0.2) is 30.3 Å². The van der Waals surface area contributed by atoms with E-state index in [1.165, 1.54) is 5.56 Å². The molecule has 1 unspecified atom stereocenters. The van der Waals surface area contributed by atoms with Crippen LogP contribution in [-0.2, 0) is 21.2 Å². The highest BCUT2D eigenvalue weighted by atomic mass is 32.2. The largest absolute Gasteiger partial charge is 0.352 e. The first-order valence-electron chi connectivity index (χ1n) is 8.99. The highest BCUT2D eigenvalue weighted by Crippen LogP contribution is 2.12. The summed E-state index contributed by atoms with van der Waals surface area (Å²) in [7, 11) is -2.94. The molecule has 25 heavy (non-hydrogen) atoms. The topological polar surface area (TPSA) is 69.7 Å². The van der Waals surface area contributed by atoms with Gasteiger partial charge in [-0.3, -0.25) is 9.69 Å². The van der Waals surface area contributed by atoms with E-state index >= 15 is 0 Å². The van der Waals surface area contributed by atoms with Crippen molar-refractivity contribution in [2.45, 2.75) is 25.4 Å². The molecule has 3 rings (SSSR count). The van der Waals surface area contributed by atoms with Crippen LogP contribution in [-0.4, -0.2) is 74.4 Å². The molecule has 0 saturated carbocycles. The van der Waals surface area contributed by atoms with Crippen molar-refractivity contribution >= 4 is 15.7 Å². The van der Waals surface area contributed by atoms with Crippen LogP contribution < -0.4 is 5.32 Å². The van der Waals surface area contributed by atoms with Gasteiger partial charge in [0.25, 0.3) is 0 Å². The average Bonchev–Trinajstić information content (AvgIpc) is 2.94. The summed E-state index contributed by atoms with van der Waals surface area (Å²) in [6, 6.07) is 10.3. The summed E-state index contributed by atoms with van der Waals surface area (Å²) in [6.45, 7) is 5.68. The van der Waals surface area contributed by atoms with Crippen LogP contribution in [0.3, 0.4) is 0 Å². The predicted octanol–water partition coefficient (Wildman–Crippen LogP) is 0.498. The van der Waals surface area contributed by atoms with E-state index in [4.69, 9.17) is 0 Å². The smallest absolute Gasteiger partial charge is 0.221 e. The van der Waals surface area contributed by atoms with Gasteiger partial charge in [0, 0.05) is 51.7 Å². The quantitative estimate of drug-likeness (QED) is 0.795. The molecule has 0 bridgehead atoms. The molecule has 138 valence electrons. The molecule has 2 saturated heterocycles. The standard InChI is InChI=1S/C18H27N3O3S/c22-18(19-17-7-13-25(23,24)15-17)6-8-20-9-11-21(12-10-20)14-16-4-2-1-3-5-16/h1-5,17H,6-15H2,(H,19,22). The molecule has 2 aliphatic rings. The molecular weight excluding hydrogens is 338 g/mol. The van der Waals surface area contributed by atoms with Crippen molar-refractivity contribution in [1.82, 2.24) is 15.1 Å². The predicted molar refractivity (Wildman–Crippen MR) is 98.0 cm³/mol. The van der Waals surface area contributed by atoms with Gasteiger partial charge in [-0.25, -0.2) is 8.42 Å². The van der Waals surface area contributed by atoms with Crippen LogP contribution in [0.2, 0.25) is 0 Å². The van der Waals surface area contributed by atoms with Gasteiger partial charge in [0.05, 0.1) is 11.5 Å². The zero-order chi connectivity index (χ0) is 17.7. The maximum Gasteiger partial charge on any atom is 0.221 e. The van der Waals surface area contributed by atoms with E-state index in [1.807, 2.05) is 6.07 Å². The second-order valence-corrected chi connectivity index (χ2v) is 9.25. The number of nitrogens with zero attached hydrogens (tertiary/aromatic N) is 2. The Balaban J connectivity index is 1.33. The minimum atomic E-state index is -2.94. The summed E-state index contributed by atoms with van der Waals surface area (Å²) in [5, 5.41) is 2.86. The third-order valence-electron chi connectivity index (χ3n) is 4.97. The van der Waals surface area contributed by atoms with Gasteiger partial charge in [-0.15, -0.1) is 0 Å². The van der Waals surface area contributed by atoms with Gasteiger partial charge in [0.1, 0.15) is 0 Å². The summed E-state index contributed by atoms with van der Waals surface area (Å²) in [4.78, 5) is 16.8. The van der Waals surface area contributed by atoms with Crippen LogP contribution >= 0.6 is 0 Å². The fraction of sp³-hybridized carbons (Fsp3) is 0.611.